The molecular weight excluding hydrogens is 278 g/mol. The first kappa shape index (κ1) is 11.0. The van der Waals surface area contributed by atoms with Crippen LogP contribution in [0.25, 0.3) is 0 Å². The highest BCUT2D eigenvalue weighted by atomic mass is 79.9. The maximum absolute atomic E-state index is 12.0. The fourth-order valence-corrected chi connectivity index (χ4v) is 2.72. The van der Waals surface area contributed by atoms with E-state index >= 15 is 0 Å². The predicted octanol–water partition coefficient (Wildman–Crippen LogP) is 1.67. The molecule has 0 saturated carbocycles. The molecule has 1 aromatic rings. The van der Waals surface area contributed by atoms with Crippen molar-refractivity contribution >= 4 is 33.6 Å². The number of thioether (sulfide) groups is 1. The molecule has 2 heterocycles. The van der Waals surface area contributed by atoms with E-state index in [1.807, 2.05) is 23.6 Å². The third-order valence-corrected chi connectivity index (χ3v) is 4.29. The fourth-order valence-electron chi connectivity index (χ4n) is 1.47. The molecule has 1 aliphatic rings. The van der Waals surface area contributed by atoms with E-state index in [0.29, 0.717) is 5.69 Å². The summed E-state index contributed by atoms with van der Waals surface area (Å²) in [7, 11) is 0. The zero-order chi connectivity index (χ0) is 10.8. The summed E-state index contributed by atoms with van der Waals surface area (Å²) in [5.74, 6) is 2.06. The Morgan fingerprint density at radius 2 is 2.20 bits per heavy atom. The lowest BCUT2D eigenvalue weighted by atomic mass is 10.3. The minimum atomic E-state index is 0.0199. The zero-order valence-corrected chi connectivity index (χ0v) is 10.8. The lowest BCUT2D eigenvalue weighted by Crippen LogP contribution is -2.38. The first-order chi connectivity index (χ1) is 7.20. The Bertz CT molecular complexity index is 373. The third kappa shape index (κ3) is 2.20. The van der Waals surface area contributed by atoms with Gasteiger partial charge in [-0.15, -0.1) is 0 Å². The van der Waals surface area contributed by atoms with Gasteiger partial charge in [-0.3, -0.25) is 9.89 Å². The van der Waals surface area contributed by atoms with Crippen molar-refractivity contribution in [1.29, 1.82) is 0 Å². The second-order valence-corrected chi connectivity index (χ2v) is 5.43. The molecule has 0 unspecified atom stereocenters. The van der Waals surface area contributed by atoms with Gasteiger partial charge in [-0.2, -0.15) is 16.9 Å². The normalized spacial score (nSPS) is 16.8. The number of amides is 1. The van der Waals surface area contributed by atoms with E-state index in [4.69, 9.17) is 0 Å². The van der Waals surface area contributed by atoms with Crippen molar-refractivity contribution in [3.63, 3.8) is 0 Å². The predicted molar refractivity (Wildman–Crippen MR) is 64.3 cm³/mol. The maximum Gasteiger partial charge on any atom is 0.275 e. The second kappa shape index (κ2) is 4.57. The van der Waals surface area contributed by atoms with Crippen LogP contribution in [0.1, 0.15) is 16.2 Å². The molecule has 1 aromatic heterocycles. The Labute approximate surface area is 101 Å². The Balaban J connectivity index is 2.16. The van der Waals surface area contributed by atoms with Crippen LogP contribution in [-0.4, -0.2) is 45.6 Å². The van der Waals surface area contributed by atoms with Crippen molar-refractivity contribution in [3.05, 3.63) is 15.9 Å². The summed E-state index contributed by atoms with van der Waals surface area (Å²) >= 11 is 5.26. The van der Waals surface area contributed by atoms with Gasteiger partial charge >= 0.3 is 0 Å². The fraction of sp³-hybridized carbons (Fsp3) is 0.556. The number of H-pyrrole nitrogens is 1. The number of nitrogens with one attached hydrogen (secondary N) is 1. The molecule has 1 amide bonds. The highest BCUT2D eigenvalue weighted by Gasteiger charge is 2.23. The molecule has 0 spiro atoms. The summed E-state index contributed by atoms with van der Waals surface area (Å²) < 4.78 is 0.783. The molecule has 15 heavy (non-hydrogen) atoms. The summed E-state index contributed by atoms with van der Waals surface area (Å²) in [6.07, 6.45) is 0. The number of rotatable bonds is 1. The van der Waals surface area contributed by atoms with Crippen LogP contribution in [0.15, 0.2) is 4.47 Å². The molecule has 0 radical (unpaired) electrons. The Kier molecular flexibility index (Phi) is 3.35. The van der Waals surface area contributed by atoms with Crippen molar-refractivity contribution in [2.24, 2.45) is 0 Å². The van der Waals surface area contributed by atoms with E-state index in [1.54, 1.807) is 0 Å². The van der Waals surface area contributed by atoms with Gasteiger partial charge in [-0.05, 0) is 22.9 Å². The Hall–Kier alpha value is -0.490. The lowest BCUT2D eigenvalue weighted by molar-refractivity contribution is 0.0765. The van der Waals surface area contributed by atoms with E-state index in [-0.39, 0.29) is 5.91 Å². The van der Waals surface area contributed by atoms with E-state index in [9.17, 15) is 4.79 Å². The number of halogens is 1. The van der Waals surface area contributed by atoms with Gasteiger partial charge in [0.15, 0.2) is 5.69 Å². The molecule has 1 saturated heterocycles. The quantitative estimate of drug-likeness (QED) is 0.856. The summed E-state index contributed by atoms with van der Waals surface area (Å²) in [6.45, 7) is 3.53. The van der Waals surface area contributed by atoms with Crippen LogP contribution >= 0.6 is 27.7 Å². The van der Waals surface area contributed by atoms with Gasteiger partial charge < -0.3 is 4.90 Å². The molecule has 82 valence electrons. The number of aryl methyl sites for hydroxylation is 1. The number of nitrogens with zero attached hydrogens (tertiary/aromatic N) is 2. The van der Waals surface area contributed by atoms with Gasteiger partial charge in [0.2, 0.25) is 0 Å². The Morgan fingerprint density at radius 1 is 1.53 bits per heavy atom. The molecule has 4 nitrogen and oxygen atoms in total. The van der Waals surface area contributed by atoms with Crippen molar-refractivity contribution in [3.8, 4) is 0 Å². The van der Waals surface area contributed by atoms with Gasteiger partial charge in [-0.25, -0.2) is 0 Å². The maximum atomic E-state index is 12.0. The van der Waals surface area contributed by atoms with E-state index in [1.165, 1.54) is 0 Å². The summed E-state index contributed by atoms with van der Waals surface area (Å²) in [5, 5.41) is 6.83. The van der Waals surface area contributed by atoms with Gasteiger partial charge in [0.25, 0.3) is 5.91 Å². The van der Waals surface area contributed by atoms with E-state index < -0.39 is 0 Å². The molecule has 1 aliphatic heterocycles. The van der Waals surface area contributed by atoms with Crippen LogP contribution in [0.4, 0.5) is 0 Å². The first-order valence-electron chi connectivity index (χ1n) is 4.77. The van der Waals surface area contributed by atoms with Crippen LogP contribution < -0.4 is 0 Å². The molecule has 1 N–H and O–H groups in total. The number of carbonyl (C=O) groups is 1. The number of aromatic nitrogens is 2. The minimum absolute atomic E-state index is 0.0199. The van der Waals surface area contributed by atoms with Gasteiger partial charge in [0.1, 0.15) is 0 Å². The highest BCUT2D eigenvalue weighted by Crippen LogP contribution is 2.21. The Morgan fingerprint density at radius 3 is 2.73 bits per heavy atom. The van der Waals surface area contributed by atoms with Crippen molar-refractivity contribution in [2.45, 2.75) is 6.92 Å². The molecule has 0 aromatic carbocycles. The highest BCUT2D eigenvalue weighted by molar-refractivity contribution is 9.10. The third-order valence-electron chi connectivity index (χ3n) is 2.37. The molecule has 0 atom stereocenters. The number of hydrogen-bond acceptors (Lipinski definition) is 3. The van der Waals surface area contributed by atoms with Crippen molar-refractivity contribution in [1.82, 2.24) is 15.1 Å². The number of aromatic amines is 1. The van der Waals surface area contributed by atoms with Crippen molar-refractivity contribution in [2.75, 3.05) is 24.6 Å². The molecule has 0 bridgehead atoms. The molecule has 6 heteroatoms. The first-order valence-corrected chi connectivity index (χ1v) is 6.72. The molecule has 0 aliphatic carbocycles. The van der Waals surface area contributed by atoms with Crippen LogP contribution in [-0.2, 0) is 0 Å². The summed E-state index contributed by atoms with van der Waals surface area (Å²) in [5.41, 5.74) is 1.39. The molecule has 2 rings (SSSR count). The van der Waals surface area contributed by atoms with Gasteiger partial charge in [-0.1, -0.05) is 0 Å². The van der Waals surface area contributed by atoms with Gasteiger partial charge in [0.05, 0.1) is 4.47 Å². The van der Waals surface area contributed by atoms with E-state index in [2.05, 4.69) is 26.1 Å². The average molecular weight is 290 g/mol. The van der Waals surface area contributed by atoms with E-state index in [0.717, 1.165) is 34.8 Å². The SMILES string of the molecule is Cc1[nH]nc(C(=O)N2CCSCC2)c1Br. The number of hydrogen-bond donors (Lipinski definition) is 1. The van der Waals surface area contributed by atoms with Crippen LogP contribution in [0.2, 0.25) is 0 Å². The van der Waals surface area contributed by atoms with Crippen LogP contribution in [0.3, 0.4) is 0 Å². The lowest BCUT2D eigenvalue weighted by Gasteiger charge is -2.25. The van der Waals surface area contributed by atoms with Crippen molar-refractivity contribution < 1.29 is 4.79 Å². The van der Waals surface area contributed by atoms with Crippen LogP contribution in [0, 0.1) is 6.92 Å². The van der Waals surface area contributed by atoms with Crippen LogP contribution in [0.5, 0.6) is 0 Å². The molecule has 1 fully saturated rings. The summed E-state index contributed by atoms with van der Waals surface area (Å²) in [4.78, 5) is 13.9. The monoisotopic (exact) mass is 289 g/mol. The molecular formula is C9H12BrN3OS. The smallest absolute Gasteiger partial charge is 0.275 e. The zero-order valence-electron chi connectivity index (χ0n) is 8.42. The average Bonchev–Trinajstić information content (AvgIpc) is 2.60. The largest absolute Gasteiger partial charge is 0.336 e. The topological polar surface area (TPSA) is 49.0 Å². The second-order valence-electron chi connectivity index (χ2n) is 3.42. The number of carbonyl (C=O) groups excluding carboxylic acids is 1. The van der Waals surface area contributed by atoms with Gasteiger partial charge in [0, 0.05) is 30.3 Å². The standard InChI is InChI=1S/C9H12BrN3OS/c1-6-7(10)8(12-11-6)9(14)13-2-4-15-5-3-13/h2-5H2,1H3,(H,11,12). The summed E-state index contributed by atoms with van der Waals surface area (Å²) in [6, 6.07) is 0. The minimum Gasteiger partial charge on any atom is -0.336 e.